The van der Waals surface area contributed by atoms with Crippen LogP contribution in [0.5, 0.6) is 0 Å². The third kappa shape index (κ3) is 8.26. The van der Waals surface area contributed by atoms with Crippen molar-refractivity contribution in [2.75, 3.05) is 18.0 Å². The number of rotatable bonds is 7. The highest BCUT2D eigenvalue weighted by atomic mass is 17.2. The monoisotopic (exact) mass is 433 g/mol. The van der Waals surface area contributed by atoms with Gasteiger partial charge in [-0.15, -0.1) is 0 Å². The molecule has 0 aliphatic carbocycles. The number of nitrogens with zero attached hydrogens (tertiary/aromatic N) is 1. The van der Waals surface area contributed by atoms with Crippen molar-refractivity contribution >= 4 is 17.6 Å². The zero-order chi connectivity index (χ0) is 23.2. The Kier molecular flexibility index (Phi) is 10.5. The summed E-state index contributed by atoms with van der Waals surface area (Å²) in [7, 11) is 0. The number of anilines is 1. The molecule has 3 aromatic carbocycles. The number of aryl methyl sites for hydroxylation is 1. The van der Waals surface area contributed by atoms with Gasteiger partial charge in [0, 0.05) is 18.8 Å². The SMILES string of the molecule is CCCN(CCC)c1ccc(C)cc1.O=C(OOC(=O)c1ccccc1)c1ccccc1. The molecule has 0 amide bonds. The van der Waals surface area contributed by atoms with Crippen LogP contribution >= 0.6 is 0 Å². The molecule has 0 aliphatic heterocycles. The molecule has 0 aromatic heterocycles. The van der Waals surface area contributed by atoms with Gasteiger partial charge in [0.1, 0.15) is 0 Å². The van der Waals surface area contributed by atoms with E-state index in [4.69, 9.17) is 0 Å². The first kappa shape index (κ1) is 24.7. The van der Waals surface area contributed by atoms with Gasteiger partial charge >= 0.3 is 11.9 Å². The lowest BCUT2D eigenvalue weighted by Gasteiger charge is -2.23. The van der Waals surface area contributed by atoms with Crippen LogP contribution in [-0.2, 0) is 9.78 Å². The lowest BCUT2D eigenvalue weighted by Crippen LogP contribution is -2.24. The van der Waals surface area contributed by atoms with Crippen LogP contribution in [-0.4, -0.2) is 25.0 Å². The van der Waals surface area contributed by atoms with Crippen molar-refractivity contribution in [3.63, 3.8) is 0 Å². The van der Waals surface area contributed by atoms with Gasteiger partial charge < -0.3 is 4.90 Å². The maximum atomic E-state index is 11.5. The number of carbonyl (C=O) groups is 2. The van der Waals surface area contributed by atoms with Crippen LogP contribution in [0.3, 0.4) is 0 Å². The normalized spacial score (nSPS) is 9.84. The fourth-order valence-corrected chi connectivity index (χ4v) is 2.99. The van der Waals surface area contributed by atoms with Crippen LogP contribution in [0.25, 0.3) is 0 Å². The van der Waals surface area contributed by atoms with Gasteiger partial charge in [-0.2, -0.15) is 0 Å². The summed E-state index contributed by atoms with van der Waals surface area (Å²) in [6.07, 6.45) is 2.43. The van der Waals surface area contributed by atoms with Crippen LogP contribution in [0.2, 0.25) is 0 Å². The Morgan fingerprint density at radius 3 is 1.44 bits per heavy atom. The molecule has 168 valence electrons. The van der Waals surface area contributed by atoms with Crippen molar-refractivity contribution in [3.05, 3.63) is 102 Å². The lowest BCUT2D eigenvalue weighted by atomic mass is 10.2. The van der Waals surface area contributed by atoms with E-state index < -0.39 is 11.9 Å². The minimum Gasteiger partial charge on any atom is -0.372 e. The Bertz CT molecular complexity index is 883. The van der Waals surface area contributed by atoms with E-state index in [9.17, 15) is 9.59 Å². The number of hydrogen-bond acceptors (Lipinski definition) is 5. The van der Waals surface area contributed by atoms with Crippen molar-refractivity contribution in [1.29, 1.82) is 0 Å². The molecule has 3 aromatic rings. The highest BCUT2D eigenvalue weighted by molar-refractivity contribution is 5.92. The summed E-state index contributed by atoms with van der Waals surface area (Å²) >= 11 is 0. The first-order valence-electron chi connectivity index (χ1n) is 10.9. The summed E-state index contributed by atoms with van der Waals surface area (Å²) < 4.78 is 0. The van der Waals surface area contributed by atoms with Gasteiger partial charge in [-0.25, -0.2) is 19.4 Å². The van der Waals surface area contributed by atoms with Crippen LogP contribution in [0, 0.1) is 6.92 Å². The fraction of sp³-hybridized carbons (Fsp3) is 0.259. The Morgan fingerprint density at radius 1 is 0.656 bits per heavy atom. The number of benzene rings is 3. The summed E-state index contributed by atoms with van der Waals surface area (Å²) in [6.45, 7) is 8.93. The fourth-order valence-electron chi connectivity index (χ4n) is 2.99. The average molecular weight is 434 g/mol. The number of carbonyl (C=O) groups excluding carboxylic acids is 2. The van der Waals surface area contributed by atoms with Gasteiger partial charge in [-0.3, -0.25) is 0 Å². The Labute approximate surface area is 190 Å². The molecular formula is C27H31NO4. The second kappa shape index (κ2) is 13.7. The number of hydrogen-bond donors (Lipinski definition) is 0. The van der Waals surface area contributed by atoms with Gasteiger partial charge in [0.25, 0.3) is 0 Å². The Balaban J connectivity index is 0.000000235. The second-order valence-electron chi connectivity index (χ2n) is 7.30. The van der Waals surface area contributed by atoms with E-state index in [1.165, 1.54) is 24.1 Å². The van der Waals surface area contributed by atoms with Crippen molar-refractivity contribution in [3.8, 4) is 0 Å². The zero-order valence-corrected chi connectivity index (χ0v) is 19.0. The van der Waals surface area contributed by atoms with E-state index in [0.29, 0.717) is 11.1 Å². The summed E-state index contributed by atoms with van der Waals surface area (Å²) in [4.78, 5) is 34.3. The van der Waals surface area contributed by atoms with Gasteiger partial charge in [-0.1, -0.05) is 67.9 Å². The van der Waals surface area contributed by atoms with Crippen molar-refractivity contribution in [2.24, 2.45) is 0 Å². The summed E-state index contributed by atoms with van der Waals surface area (Å²) in [6, 6.07) is 25.4. The van der Waals surface area contributed by atoms with E-state index in [2.05, 4.69) is 59.7 Å². The average Bonchev–Trinajstić information content (AvgIpc) is 2.84. The van der Waals surface area contributed by atoms with Crippen molar-refractivity contribution < 1.29 is 19.4 Å². The molecule has 0 fully saturated rings. The maximum absolute atomic E-state index is 11.5. The molecule has 5 heteroatoms. The Morgan fingerprint density at radius 2 is 1.06 bits per heavy atom. The molecule has 0 saturated carbocycles. The predicted molar refractivity (Wildman–Crippen MR) is 128 cm³/mol. The molecule has 5 nitrogen and oxygen atoms in total. The quantitative estimate of drug-likeness (QED) is 0.326. The van der Waals surface area contributed by atoms with Crippen molar-refractivity contribution in [2.45, 2.75) is 33.6 Å². The maximum Gasteiger partial charge on any atom is 0.386 e. The minimum absolute atomic E-state index is 0.318. The molecule has 0 spiro atoms. The van der Waals surface area contributed by atoms with E-state index in [1.54, 1.807) is 60.7 Å². The van der Waals surface area contributed by atoms with E-state index in [-0.39, 0.29) is 0 Å². The van der Waals surface area contributed by atoms with Crippen LogP contribution < -0.4 is 4.90 Å². The highest BCUT2D eigenvalue weighted by Crippen LogP contribution is 2.15. The van der Waals surface area contributed by atoms with Crippen LogP contribution in [0.15, 0.2) is 84.9 Å². The molecular weight excluding hydrogens is 402 g/mol. The molecule has 0 N–H and O–H groups in total. The largest absolute Gasteiger partial charge is 0.386 e. The van der Waals surface area contributed by atoms with E-state index >= 15 is 0 Å². The van der Waals surface area contributed by atoms with Gasteiger partial charge in [0.15, 0.2) is 0 Å². The second-order valence-corrected chi connectivity index (χ2v) is 7.30. The molecule has 0 atom stereocenters. The smallest absolute Gasteiger partial charge is 0.372 e. The predicted octanol–water partition coefficient (Wildman–Crippen LogP) is 6.24. The molecule has 0 radical (unpaired) electrons. The Hall–Kier alpha value is -3.60. The van der Waals surface area contributed by atoms with Gasteiger partial charge in [-0.05, 0) is 56.2 Å². The zero-order valence-electron chi connectivity index (χ0n) is 19.0. The summed E-state index contributed by atoms with van der Waals surface area (Å²) in [5, 5.41) is 0. The topological polar surface area (TPSA) is 55.8 Å². The molecule has 0 saturated heterocycles. The van der Waals surface area contributed by atoms with E-state index in [0.717, 1.165) is 13.1 Å². The van der Waals surface area contributed by atoms with Crippen molar-refractivity contribution in [1.82, 2.24) is 0 Å². The summed E-state index contributed by atoms with van der Waals surface area (Å²) in [5.74, 6) is -1.42. The first-order chi connectivity index (χ1) is 15.5. The van der Waals surface area contributed by atoms with Gasteiger partial charge in [0.2, 0.25) is 0 Å². The lowest BCUT2D eigenvalue weighted by molar-refractivity contribution is -0.187. The molecule has 0 aliphatic rings. The third-order valence-electron chi connectivity index (χ3n) is 4.60. The minimum atomic E-state index is -0.708. The molecule has 0 unspecified atom stereocenters. The van der Waals surface area contributed by atoms with Crippen LogP contribution in [0.1, 0.15) is 53.0 Å². The van der Waals surface area contributed by atoms with Crippen LogP contribution in [0.4, 0.5) is 5.69 Å². The molecule has 32 heavy (non-hydrogen) atoms. The first-order valence-corrected chi connectivity index (χ1v) is 10.9. The molecule has 3 rings (SSSR count). The summed E-state index contributed by atoms with van der Waals surface area (Å²) in [5.41, 5.74) is 3.33. The van der Waals surface area contributed by atoms with E-state index in [1.807, 2.05) is 0 Å². The molecule has 0 heterocycles. The molecule has 0 bridgehead atoms. The van der Waals surface area contributed by atoms with Gasteiger partial charge in [0.05, 0.1) is 11.1 Å². The standard InChI is InChI=1S/C14H10O4.C13H21N/c15-13(11-7-3-1-4-8-11)17-18-14(16)12-9-5-2-6-10-12;1-4-10-14(11-5-2)13-8-6-12(3)7-9-13/h1-10H;6-9H,4-5,10-11H2,1-3H3. The third-order valence-corrected chi connectivity index (χ3v) is 4.60. The highest BCUT2D eigenvalue weighted by Gasteiger charge is 2.13.